The number of H-pyrrole nitrogens is 1. The lowest BCUT2D eigenvalue weighted by Crippen LogP contribution is -2.49. The third-order valence-electron chi connectivity index (χ3n) is 7.80. The Labute approximate surface area is 204 Å². The van der Waals surface area contributed by atoms with Crippen molar-refractivity contribution in [2.45, 2.75) is 51.9 Å². The Bertz CT molecular complexity index is 1270. The molecule has 1 unspecified atom stereocenters. The standard InChI is InChI=1S/C28H32N2O5/c1-18-14-30(27(32)29-25(18)31)26-23-19(2)20(3)28(35-26,17-33-15-21-10-6-4-7-11-21)24(23)34-16-22-12-8-5-9-13-22/h4-14,19-20,23-24,26H,15-17H2,1-3H3,(H,29,31,32)/t19-,20-,23?,24+,26-,28+/m1/s1. The number of fused-ring (bicyclic) bond motifs is 2. The van der Waals surface area contributed by atoms with Gasteiger partial charge in [-0.25, -0.2) is 4.79 Å². The van der Waals surface area contributed by atoms with Crippen LogP contribution in [0.2, 0.25) is 0 Å². The first kappa shape index (κ1) is 23.7. The van der Waals surface area contributed by atoms with Crippen LogP contribution in [0.5, 0.6) is 0 Å². The molecule has 7 nitrogen and oxygen atoms in total. The van der Waals surface area contributed by atoms with E-state index in [4.69, 9.17) is 14.2 Å². The molecule has 7 heteroatoms. The highest BCUT2D eigenvalue weighted by atomic mass is 16.6. The molecule has 2 heterocycles. The molecule has 5 rings (SSSR count). The van der Waals surface area contributed by atoms with Crippen LogP contribution in [0.1, 0.15) is 36.8 Å². The summed E-state index contributed by atoms with van der Waals surface area (Å²) in [6.07, 6.45) is 0.773. The highest BCUT2D eigenvalue weighted by Gasteiger charge is 2.68. The fourth-order valence-corrected chi connectivity index (χ4v) is 5.71. The Morgan fingerprint density at radius 1 is 0.971 bits per heavy atom. The van der Waals surface area contributed by atoms with Crippen LogP contribution in [0.15, 0.2) is 76.4 Å². The van der Waals surface area contributed by atoms with Gasteiger partial charge in [0.2, 0.25) is 0 Å². The highest BCUT2D eigenvalue weighted by molar-refractivity contribution is 5.18. The lowest BCUT2D eigenvalue weighted by Gasteiger charge is -2.39. The van der Waals surface area contributed by atoms with Gasteiger partial charge in [-0.3, -0.25) is 14.3 Å². The van der Waals surface area contributed by atoms with Gasteiger partial charge < -0.3 is 14.2 Å². The monoisotopic (exact) mass is 476 g/mol. The molecule has 1 saturated carbocycles. The molecule has 1 saturated heterocycles. The highest BCUT2D eigenvalue weighted by Crippen LogP contribution is 2.59. The Kier molecular flexibility index (Phi) is 6.49. The van der Waals surface area contributed by atoms with E-state index in [1.807, 2.05) is 60.7 Å². The summed E-state index contributed by atoms with van der Waals surface area (Å²) in [5.74, 6) is 0.297. The van der Waals surface area contributed by atoms with E-state index in [1.54, 1.807) is 13.1 Å². The summed E-state index contributed by atoms with van der Waals surface area (Å²) < 4.78 is 21.0. The molecule has 3 aromatic rings. The number of hydrogen-bond acceptors (Lipinski definition) is 5. The molecule has 2 aromatic carbocycles. The number of hydrogen-bond donors (Lipinski definition) is 1. The molecule has 6 atom stereocenters. The maximum atomic E-state index is 12.8. The summed E-state index contributed by atoms with van der Waals surface area (Å²) in [5, 5.41) is 0. The van der Waals surface area contributed by atoms with Gasteiger partial charge in [0.05, 0.1) is 25.9 Å². The fraction of sp³-hybridized carbons (Fsp3) is 0.429. The third-order valence-corrected chi connectivity index (χ3v) is 7.80. The van der Waals surface area contributed by atoms with Gasteiger partial charge in [0.25, 0.3) is 5.56 Å². The number of benzene rings is 2. The quantitative estimate of drug-likeness (QED) is 0.535. The van der Waals surface area contributed by atoms with Crippen LogP contribution >= 0.6 is 0 Å². The summed E-state index contributed by atoms with van der Waals surface area (Å²) in [6.45, 7) is 7.30. The van der Waals surface area contributed by atoms with Crippen molar-refractivity contribution in [3.05, 3.63) is 104 Å². The summed E-state index contributed by atoms with van der Waals surface area (Å²) >= 11 is 0. The van der Waals surface area contributed by atoms with Crippen LogP contribution in [-0.4, -0.2) is 27.9 Å². The Morgan fingerprint density at radius 3 is 2.26 bits per heavy atom. The number of nitrogens with one attached hydrogen (secondary N) is 1. The van der Waals surface area contributed by atoms with Gasteiger partial charge in [-0.15, -0.1) is 0 Å². The van der Waals surface area contributed by atoms with Crippen molar-refractivity contribution in [1.82, 2.24) is 9.55 Å². The largest absolute Gasteiger partial charge is 0.374 e. The van der Waals surface area contributed by atoms with E-state index in [1.165, 1.54) is 4.57 Å². The zero-order chi connectivity index (χ0) is 24.6. The van der Waals surface area contributed by atoms with E-state index >= 15 is 0 Å². The minimum absolute atomic E-state index is 0.0722. The molecule has 0 spiro atoms. The lowest BCUT2D eigenvalue weighted by atomic mass is 9.85. The molecular weight excluding hydrogens is 444 g/mol. The second-order valence-electron chi connectivity index (χ2n) is 9.86. The van der Waals surface area contributed by atoms with Crippen LogP contribution < -0.4 is 11.2 Å². The van der Waals surface area contributed by atoms with E-state index in [9.17, 15) is 9.59 Å². The molecule has 1 aliphatic carbocycles. The van der Waals surface area contributed by atoms with Crippen LogP contribution in [0, 0.1) is 24.7 Å². The lowest BCUT2D eigenvalue weighted by molar-refractivity contribution is -0.193. The van der Waals surface area contributed by atoms with Crippen molar-refractivity contribution in [2.75, 3.05) is 6.61 Å². The number of aromatic nitrogens is 2. The zero-order valence-corrected chi connectivity index (χ0v) is 20.3. The number of ether oxygens (including phenoxy) is 3. The molecule has 184 valence electrons. The molecule has 1 aromatic heterocycles. The van der Waals surface area contributed by atoms with Gasteiger partial charge in [-0.05, 0) is 29.9 Å². The molecule has 2 aliphatic rings. The third kappa shape index (κ3) is 4.29. The van der Waals surface area contributed by atoms with Gasteiger partial charge in [0, 0.05) is 17.7 Å². The fourth-order valence-electron chi connectivity index (χ4n) is 5.71. The van der Waals surface area contributed by atoms with Crippen LogP contribution in [0.3, 0.4) is 0 Å². The molecule has 1 aliphatic heterocycles. The van der Waals surface area contributed by atoms with Gasteiger partial charge in [-0.1, -0.05) is 74.5 Å². The van der Waals surface area contributed by atoms with Crippen LogP contribution in [0.25, 0.3) is 0 Å². The molecule has 2 fully saturated rings. The minimum Gasteiger partial charge on any atom is -0.374 e. The van der Waals surface area contributed by atoms with E-state index < -0.39 is 17.5 Å². The molecule has 0 amide bonds. The Morgan fingerprint density at radius 2 is 1.60 bits per heavy atom. The van der Waals surface area contributed by atoms with Gasteiger partial charge in [0.1, 0.15) is 11.8 Å². The molecular formula is C28H32N2O5. The first-order valence-electron chi connectivity index (χ1n) is 12.2. The Hall–Kier alpha value is -3.00. The number of aromatic amines is 1. The predicted molar refractivity (Wildman–Crippen MR) is 132 cm³/mol. The molecule has 1 N–H and O–H groups in total. The number of aryl methyl sites for hydroxylation is 1. The average molecular weight is 477 g/mol. The summed E-state index contributed by atoms with van der Waals surface area (Å²) in [7, 11) is 0. The van der Waals surface area contributed by atoms with E-state index in [-0.39, 0.29) is 29.4 Å². The summed E-state index contributed by atoms with van der Waals surface area (Å²) in [6, 6.07) is 20.1. The van der Waals surface area contributed by atoms with Crippen molar-refractivity contribution < 1.29 is 14.2 Å². The smallest absolute Gasteiger partial charge is 0.330 e. The van der Waals surface area contributed by atoms with Crippen molar-refractivity contribution >= 4 is 0 Å². The van der Waals surface area contributed by atoms with Crippen molar-refractivity contribution in [3.63, 3.8) is 0 Å². The molecule has 35 heavy (non-hydrogen) atoms. The SMILES string of the molecule is Cc1cn([C@@H]2O[C@@]3(COCc4ccccc4)[C@H](C)[C@@H](C)C2[C@@H]3OCc2ccccc2)c(=O)[nH]c1=O. The maximum Gasteiger partial charge on any atom is 0.330 e. The average Bonchev–Trinajstić information content (AvgIpc) is 3.28. The topological polar surface area (TPSA) is 82.6 Å². The summed E-state index contributed by atoms with van der Waals surface area (Å²) in [5.41, 5.74) is 1.06. The molecule has 0 radical (unpaired) electrons. The van der Waals surface area contributed by atoms with Crippen LogP contribution in [-0.2, 0) is 27.4 Å². The first-order valence-corrected chi connectivity index (χ1v) is 12.2. The first-order chi connectivity index (χ1) is 16.9. The predicted octanol–water partition coefficient (Wildman–Crippen LogP) is 3.82. The molecule has 2 bridgehead atoms. The Balaban J connectivity index is 1.47. The van der Waals surface area contributed by atoms with E-state index in [0.717, 1.165) is 11.1 Å². The number of nitrogens with zero attached hydrogens (tertiary/aromatic N) is 1. The van der Waals surface area contributed by atoms with Crippen LogP contribution in [0.4, 0.5) is 0 Å². The van der Waals surface area contributed by atoms with Gasteiger partial charge in [-0.2, -0.15) is 0 Å². The van der Waals surface area contributed by atoms with Gasteiger partial charge in [0.15, 0.2) is 0 Å². The number of rotatable bonds is 8. The van der Waals surface area contributed by atoms with Crippen molar-refractivity contribution in [3.8, 4) is 0 Å². The maximum absolute atomic E-state index is 12.8. The zero-order valence-electron chi connectivity index (χ0n) is 20.3. The second kappa shape index (κ2) is 9.57. The van der Waals surface area contributed by atoms with Gasteiger partial charge >= 0.3 is 5.69 Å². The van der Waals surface area contributed by atoms with E-state index in [2.05, 4.69) is 18.8 Å². The second-order valence-corrected chi connectivity index (χ2v) is 9.86. The van der Waals surface area contributed by atoms with E-state index in [0.29, 0.717) is 25.4 Å². The summed E-state index contributed by atoms with van der Waals surface area (Å²) in [4.78, 5) is 27.2. The van der Waals surface area contributed by atoms with Crippen molar-refractivity contribution in [1.29, 1.82) is 0 Å². The normalized spacial score (nSPS) is 29.5. The van der Waals surface area contributed by atoms with Crippen molar-refractivity contribution in [2.24, 2.45) is 17.8 Å². The minimum atomic E-state index is -0.720.